The summed E-state index contributed by atoms with van der Waals surface area (Å²) in [6.45, 7) is 1.95. The lowest BCUT2D eigenvalue weighted by Gasteiger charge is -2.15. The number of carbonyl (C=O) groups excluding carboxylic acids is 2. The first-order valence-corrected chi connectivity index (χ1v) is 8.97. The molecule has 0 aliphatic rings. The second-order valence-electron chi connectivity index (χ2n) is 6.33. The van der Waals surface area contributed by atoms with E-state index >= 15 is 0 Å². The molecule has 3 rings (SSSR count). The predicted octanol–water partition coefficient (Wildman–Crippen LogP) is 5.33. The average molecular weight is 366 g/mol. The fourth-order valence-electron chi connectivity index (χ4n) is 2.88. The van der Waals surface area contributed by atoms with Crippen LogP contribution >= 0.6 is 11.6 Å². The first-order chi connectivity index (χ1) is 12.5. The van der Waals surface area contributed by atoms with E-state index in [1.807, 2.05) is 25.1 Å². The zero-order valence-corrected chi connectivity index (χ0v) is 15.3. The van der Waals surface area contributed by atoms with Gasteiger partial charge in [-0.3, -0.25) is 9.59 Å². The largest absolute Gasteiger partial charge is 0.350 e. The zero-order valence-electron chi connectivity index (χ0n) is 14.5. The molecular formula is C22H20ClNO2. The summed E-state index contributed by atoms with van der Waals surface area (Å²) in [5.74, 6) is -0.192. The maximum atomic E-state index is 12.2. The number of amides is 1. The van der Waals surface area contributed by atoms with Gasteiger partial charge in [-0.25, -0.2) is 0 Å². The van der Waals surface area contributed by atoms with Crippen LogP contribution < -0.4 is 5.32 Å². The topological polar surface area (TPSA) is 46.2 Å². The third-order valence-electron chi connectivity index (χ3n) is 4.40. The molecule has 0 fully saturated rings. The van der Waals surface area contributed by atoms with E-state index in [0.717, 1.165) is 10.9 Å². The summed E-state index contributed by atoms with van der Waals surface area (Å²) in [4.78, 5) is 24.3. The quantitative estimate of drug-likeness (QED) is 0.600. The van der Waals surface area contributed by atoms with Crippen LogP contribution in [0.25, 0.3) is 10.8 Å². The molecule has 0 spiro atoms. The Labute approximate surface area is 158 Å². The Kier molecular flexibility index (Phi) is 5.69. The highest BCUT2D eigenvalue weighted by molar-refractivity contribution is 6.30. The molecule has 0 heterocycles. The van der Waals surface area contributed by atoms with Crippen molar-refractivity contribution in [2.45, 2.75) is 25.8 Å². The van der Waals surface area contributed by atoms with Crippen LogP contribution in [0.3, 0.4) is 0 Å². The predicted molar refractivity (Wildman–Crippen MR) is 106 cm³/mol. The number of benzene rings is 3. The molecule has 3 aromatic carbocycles. The van der Waals surface area contributed by atoms with Gasteiger partial charge in [0.2, 0.25) is 5.91 Å². The summed E-state index contributed by atoms with van der Waals surface area (Å²) in [5.41, 5.74) is 1.62. The van der Waals surface area contributed by atoms with Gasteiger partial charge < -0.3 is 5.32 Å². The van der Waals surface area contributed by atoms with Gasteiger partial charge >= 0.3 is 0 Å². The third-order valence-corrected chi connectivity index (χ3v) is 4.65. The van der Waals surface area contributed by atoms with Gasteiger partial charge in [-0.1, -0.05) is 48.0 Å². The fraction of sp³-hybridized carbons (Fsp3) is 0.182. The number of ketones is 1. The summed E-state index contributed by atoms with van der Waals surface area (Å²) in [6.07, 6.45) is 0.345. The molecule has 0 saturated carbocycles. The Morgan fingerprint density at radius 2 is 1.62 bits per heavy atom. The van der Waals surface area contributed by atoms with Gasteiger partial charge in [0.1, 0.15) is 0 Å². The van der Waals surface area contributed by atoms with E-state index in [0.29, 0.717) is 10.6 Å². The van der Waals surface area contributed by atoms with E-state index < -0.39 is 0 Å². The van der Waals surface area contributed by atoms with Crippen molar-refractivity contribution < 1.29 is 9.59 Å². The lowest BCUT2D eigenvalue weighted by Crippen LogP contribution is -2.26. The minimum absolute atomic E-state index is 0.0600. The Morgan fingerprint density at radius 3 is 2.35 bits per heavy atom. The van der Waals surface area contributed by atoms with Gasteiger partial charge in [-0.05, 0) is 53.6 Å². The van der Waals surface area contributed by atoms with Crippen LogP contribution in [-0.2, 0) is 4.79 Å². The molecule has 0 aliphatic carbocycles. The van der Waals surface area contributed by atoms with Gasteiger partial charge in [0.25, 0.3) is 0 Å². The smallest absolute Gasteiger partial charge is 0.220 e. The van der Waals surface area contributed by atoms with Gasteiger partial charge in [0, 0.05) is 23.4 Å². The van der Waals surface area contributed by atoms with Crippen LogP contribution in [-0.4, -0.2) is 11.7 Å². The standard InChI is InChI=1S/C22H20ClNO2/c1-15(18-7-6-16-4-2-3-5-19(16)14-18)24-22(26)13-12-21(25)17-8-10-20(23)11-9-17/h2-11,14-15H,12-13H2,1H3,(H,24,26). The molecule has 3 aromatic rings. The molecule has 0 aromatic heterocycles. The number of fused-ring (bicyclic) bond motifs is 1. The Balaban J connectivity index is 1.56. The maximum absolute atomic E-state index is 12.2. The van der Waals surface area contributed by atoms with Crippen molar-refractivity contribution in [3.63, 3.8) is 0 Å². The van der Waals surface area contributed by atoms with Gasteiger partial charge in [0.05, 0.1) is 6.04 Å². The van der Waals surface area contributed by atoms with Crippen molar-refractivity contribution in [1.82, 2.24) is 5.32 Å². The minimum atomic E-state index is -0.132. The summed E-state index contributed by atoms with van der Waals surface area (Å²) < 4.78 is 0. The van der Waals surface area contributed by atoms with E-state index in [9.17, 15) is 9.59 Å². The Hall–Kier alpha value is -2.65. The first kappa shape index (κ1) is 18.2. The fourth-order valence-corrected chi connectivity index (χ4v) is 3.01. The normalized spacial score (nSPS) is 11.9. The van der Waals surface area contributed by atoms with Crippen LogP contribution in [0.4, 0.5) is 0 Å². The maximum Gasteiger partial charge on any atom is 0.220 e. The van der Waals surface area contributed by atoms with E-state index in [2.05, 4.69) is 29.6 Å². The average Bonchev–Trinajstić information content (AvgIpc) is 2.66. The van der Waals surface area contributed by atoms with E-state index in [1.165, 1.54) is 5.39 Å². The molecule has 26 heavy (non-hydrogen) atoms. The second-order valence-corrected chi connectivity index (χ2v) is 6.76. The number of nitrogens with one attached hydrogen (secondary N) is 1. The molecular weight excluding hydrogens is 346 g/mol. The van der Waals surface area contributed by atoms with Gasteiger partial charge in [-0.2, -0.15) is 0 Å². The summed E-state index contributed by atoms with van der Waals surface area (Å²) in [7, 11) is 0. The van der Waals surface area contributed by atoms with Crippen LogP contribution in [0.1, 0.15) is 41.7 Å². The van der Waals surface area contributed by atoms with Crippen LogP contribution in [0, 0.1) is 0 Å². The Morgan fingerprint density at radius 1 is 0.923 bits per heavy atom. The minimum Gasteiger partial charge on any atom is -0.350 e. The van der Waals surface area contributed by atoms with E-state index in [-0.39, 0.29) is 30.6 Å². The number of rotatable bonds is 6. The van der Waals surface area contributed by atoms with Crippen molar-refractivity contribution in [3.05, 3.63) is 82.9 Å². The second kappa shape index (κ2) is 8.15. The molecule has 4 heteroatoms. The van der Waals surface area contributed by atoms with Gasteiger partial charge in [0.15, 0.2) is 5.78 Å². The van der Waals surface area contributed by atoms with Crippen molar-refractivity contribution >= 4 is 34.1 Å². The summed E-state index contributed by atoms with van der Waals surface area (Å²) in [6, 6.07) is 20.9. The number of carbonyl (C=O) groups is 2. The van der Waals surface area contributed by atoms with Crippen LogP contribution in [0.2, 0.25) is 5.02 Å². The molecule has 1 unspecified atom stereocenters. The van der Waals surface area contributed by atoms with Crippen LogP contribution in [0.15, 0.2) is 66.7 Å². The highest BCUT2D eigenvalue weighted by atomic mass is 35.5. The summed E-state index contributed by atoms with van der Waals surface area (Å²) in [5, 5.41) is 5.86. The highest BCUT2D eigenvalue weighted by Gasteiger charge is 2.13. The molecule has 0 aliphatic heterocycles. The molecule has 132 valence electrons. The van der Waals surface area contributed by atoms with E-state index in [4.69, 9.17) is 11.6 Å². The molecule has 1 N–H and O–H groups in total. The summed E-state index contributed by atoms with van der Waals surface area (Å²) >= 11 is 5.82. The number of halogens is 1. The van der Waals surface area contributed by atoms with Crippen molar-refractivity contribution in [2.24, 2.45) is 0 Å². The molecule has 1 atom stereocenters. The molecule has 0 saturated heterocycles. The van der Waals surface area contributed by atoms with Crippen LogP contribution in [0.5, 0.6) is 0 Å². The number of hydrogen-bond acceptors (Lipinski definition) is 2. The van der Waals surface area contributed by atoms with E-state index in [1.54, 1.807) is 24.3 Å². The zero-order chi connectivity index (χ0) is 18.5. The highest BCUT2D eigenvalue weighted by Crippen LogP contribution is 2.20. The Bertz CT molecular complexity index is 934. The number of hydrogen-bond donors (Lipinski definition) is 1. The molecule has 0 bridgehead atoms. The molecule has 1 amide bonds. The van der Waals surface area contributed by atoms with Crippen molar-refractivity contribution in [2.75, 3.05) is 0 Å². The van der Waals surface area contributed by atoms with Gasteiger partial charge in [-0.15, -0.1) is 0 Å². The number of Topliss-reactive ketones (excluding diaryl/α,β-unsaturated/α-hetero) is 1. The molecule has 0 radical (unpaired) electrons. The molecule has 3 nitrogen and oxygen atoms in total. The first-order valence-electron chi connectivity index (χ1n) is 8.60. The third kappa shape index (κ3) is 4.50. The monoisotopic (exact) mass is 365 g/mol. The van der Waals surface area contributed by atoms with Crippen molar-refractivity contribution in [3.8, 4) is 0 Å². The lowest BCUT2D eigenvalue weighted by molar-refractivity contribution is -0.121. The van der Waals surface area contributed by atoms with Crippen molar-refractivity contribution in [1.29, 1.82) is 0 Å². The SMILES string of the molecule is CC(NC(=O)CCC(=O)c1ccc(Cl)cc1)c1ccc2ccccc2c1. The lowest BCUT2D eigenvalue weighted by atomic mass is 10.0.